The minimum Gasteiger partial charge on any atom is -0.503 e. The van der Waals surface area contributed by atoms with Gasteiger partial charge in [-0.1, -0.05) is 25.4 Å². The van der Waals surface area contributed by atoms with E-state index in [0.29, 0.717) is 22.7 Å². The van der Waals surface area contributed by atoms with Gasteiger partial charge in [0, 0.05) is 45.4 Å². The van der Waals surface area contributed by atoms with Crippen LogP contribution in [-0.4, -0.2) is 66.0 Å². The van der Waals surface area contributed by atoms with E-state index in [1.54, 1.807) is 6.07 Å². The molecule has 1 fully saturated rings. The Hall–Kier alpha value is -1.01. The van der Waals surface area contributed by atoms with Crippen LogP contribution in [0.3, 0.4) is 0 Å². The molecule has 0 unspecified atom stereocenters. The number of benzene rings is 1. The highest BCUT2D eigenvalue weighted by Gasteiger charge is 2.27. The Morgan fingerprint density at radius 1 is 1.33 bits per heavy atom. The first-order chi connectivity index (χ1) is 11.4. The maximum atomic E-state index is 9.85. The van der Waals surface area contributed by atoms with Crippen LogP contribution in [0, 0.1) is 5.92 Å². The zero-order chi connectivity index (χ0) is 17.7. The summed E-state index contributed by atoms with van der Waals surface area (Å²) in [7, 11) is 1.52. The summed E-state index contributed by atoms with van der Waals surface area (Å²) in [5.41, 5.74) is 1.02. The first-order valence-corrected chi connectivity index (χ1v) is 8.95. The van der Waals surface area contributed by atoms with E-state index in [1.807, 2.05) is 6.07 Å². The lowest BCUT2D eigenvalue weighted by Gasteiger charge is -2.42. The molecule has 0 radical (unpaired) electrons. The van der Waals surface area contributed by atoms with Gasteiger partial charge in [-0.05, 0) is 30.0 Å². The minimum atomic E-state index is -0.0113. The molecule has 2 rings (SSSR count). The van der Waals surface area contributed by atoms with Gasteiger partial charge in [0.25, 0.3) is 0 Å². The fraction of sp³-hybridized carbons (Fsp3) is 0.667. The van der Waals surface area contributed by atoms with E-state index in [0.717, 1.165) is 44.7 Å². The van der Waals surface area contributed by atoms with Gasteiger partial charge in [-0.3, -0.25) is 9.80 Å². The second kappa shape index (κ2) is 8.90. The van der Waals surface area contributed by atoms with Crippen molar-refractivity contribution in [3.63, 3.8) is 0 Å². The van der Waals surface area contributed by atoms with Gasteiger partial charge < -0.3 is 14.9 Å². The Balaban J connectivity index is 2.04. The van der Waals surface area contributed by atoms with Gasteiger partial charge in [-0.15, -0.1) is 0 Å². The molecule has 1 aliphatic heterocycles. The lowest BCUT2D eigenvalue weighted by Crippen LogP contribution is -2.53. The summed E-state index contributed by atoms with van der Waals surface area (Å²) in [5, 5.41) is 19.5. The molecule has 0 aromatic heterocycles. The molecule has 1 atom stereocenters. The van der Waals surface area contributed by atoms with Gasteiger partial charge in [-0.25, -0.2) is 0 Å². The van der Waals surface area contributed by atoms with Crippen molar-refractivity contribution in [3.8, 4) is 11.5 Å². The lowest BCUT2D eigenvalue weighted by molar-refractivity contribution is 0.0476. The van der Waals surface area contributed by atoms with Crippen LogP contribution in [0.1, 0.15) is 25.8 Å². The van der Waals surface area contributed by atoms with Crippen molar-refractivity contribution in [1.29, 1.82) is 0 Å². The Bertz CT molecular complexity index is 539. The number of hydrogen-bond donors (Lipinski definition) is 2. The van der Waals surface area contributed by atoms with Crippen LogP contribution in [0.5, 0.6) is 11.5 Å². The molecule has 1 aromatic rings. The molecule has 136 valence electrons. The number of halogens is 1. The summed E-state index contributed by atoms with van der Waals surface area (Å²) in [6, 6.07) is 4.00. The minimum absolute atomic E-state index is 0.0113. The molecule has 0 aliphatic carbocycles. The van der Waals surface area contributed by atoms with Gasteiger partial charge in [0.15, 0.2) is 11.5 Å². The number of rotatable bonds is 7. The Morgan fingerprint density at radius 2 is 2.08 bits per heavy atom. The Labute approximate surface area is 149 Å². The zero-order valence-electron chi connectivity index (χ0n) is 14.8. The van der Waals surface area contributed by atoms with E-state index in [2.05, 4.69) is 23.6 Å². The standard InChI is InChI=1S/C18H29ClN2O3/c1-13(2)10-21-6-5-20(12-15(21)4-7-22)11-14-8-16(19)18(23)17(9-14)24-3/h8-9,13,15,22-23H,4-7,10-12H2,1-3H3/t15-/m1/s1. The fourth-order valence-electron chi connectivity index (χ4n) is 3.37. The van der Waals surface area contributed by atoms with Crippen LogP contribution in [0.15, 0.2) is 12.1 Å². The quantitative estimate of drug-likeness (QED) is 0.786. The predicted molar refractivity (Wildman–Crippen MR) is 96.8 cm³/mol. The first kappa shape index (κ1) is 19.3. The second-order valence-corrected chi connectivity index (χ2v) is 7.33. The normalized spacial score (nSPS) is 19.8. The third-order valence-electron chi connectivity index (χ3n) is 4.47. The molecule has 1 aromatic carbocycles. The van der Waals surface area contributed by atoms with Crippen LogP contribution < -0.4 is 4.74 Å². The molecule has 0 spiro atoms. The van der Waals surface area contributed by atoms with E-state index in [9.17, 15) is 10.2 Å². The molecule has 0 saturated carbocycles. The number of phenolic OH excluding ortho intramolecular Hbond substituents is 1. The summed E-state index contributed by atoms with van der Waals surface area (Å²) < 4.78 is 5.18. The maximum Gasteiger partial charge on any atom is 0.176 e. The van der Waals surface area contributed by atoms with E-state index >= 15 is 0 Å². The van der Waals surface area contributed by atoms with Crippen LogP contribution in [0.25, 0.3) is 0 Å². The smallest absolute Gasteiger partial charge is 0.176 e. The van der Waals surface area contributed by atoms with E-state index in [-0.39, 0.29) is 12.4 Å². The summed E-state index contributed by atoms with van der Waals surface area (Å²) in [4.78, 5) is 4.86. The molecule has 1 saturated heterocycles. The highest BCUT2D eigenvalue weighted by atomic mass is 35.5. The molecule has 24 heavy (non-hydrogen) atoms. The third-order valence-corrected chi connectivity index (χ3v) is 4.75. The largest absolute Gasteiger partial charge is 0.503 e. The summed E-state index contributed by atoms with van der Waals surface area (Å²) in [6.45, 7) is 9.41. The topological polar surface area (TPSA) is 56.2 Å². The lowest BCUT2D eigenvalue weighted by atomic mass is 10.1. The molecular weight excluding hydrogens is 328 g/mol. The van der Waals surface area contributed by atoms with Crippen LogP contribution in [0.2, 0.25) is 5.02 Å². The zero-order valence-corrected chi connectivity index (χ0v) is 15.6. The highest BCUT2D eigenvalue weighted by molar-refractivity contribution is 6.32. The van der Waals surface area contributed by atoms with E-state index in [1.165, 1.54) is 7.11 Å². The summed E-state index contributed by atoms with van der Waals surface area (Å²) in [5.74, 6) is 1.02. The molecule has 1 heterocycles. The molecule has 6 heteroatoms. The number of aliphatic hydroxyl groups excluding tert-OH is 1. The van der Waals surface area contributed by atoms with Crippen molar-refractivity contribution in [2.45, 2.75) is 32.9 Å². The molecule has 0 amide bonds. The van der Waals surface area contributed by atoms with Crippen molar-refractivity contribution >= 4 is 11.6 Å². The highest BCUT2D eigenvalue weighted by Crippen LogP contribution is 2.35. The molecule has 2 N–H and O–H groups in total. The Kier molecular flexibility index (Phi) is 7.16. The number of nitrogens with zero attached hydrogens (tertiary/aromatic N) is 2. The third kappa shape index (κ3) is 4.99. The van der Waals surface area contributed by atoms with Crippen molar-refractivity contribution < 1.29 is 14.9 Å². The maximum absolute atomic E-state index is 9.85. The van der Waals surface area contributed by atoms with Crippen molar-refractivity contribution in [2.24, 2.45) is 5.92 Å². The first-order valence-electron chi connectivity index (χ1n) is 8.57. The average molecular weight is 357 g/mol. The molecule has 5 nitrogen and oxygen atoms in total. The average Bonchev–Trinajstić information content (AvgIpc) is 2.53. The van der Waals surface area contributed by atoms with Gasteiger partial charge in [0.05, 0.1) is 12.1 Å². The van der Waals surface area contributed by atoms with Crippen molar-refractivity contribution in [1.82, 2.24) is 9.80 Å². The number of phenols is 1. The number of methoxy groups -OCH3 is 1. The van der Waals surface area contributed by atoms with Gasteiger partial charge in [-0.2, -0.15) is 0 Å². The van der Waals surface area contributed by atoms with Gasteiger partial charge >= 0.3 is 0 Å². The van der Waals surface area contributed by atoms with Gasteiger partial charge in [0.2, 0.25) is 0 Å². The number of piperazine rings is 1. The number of aliphatic hydroxyl groups is 1. The summed E-state index contributed by atoms with van der Waals surface area (Å²) in [6.07, 6.45) is 0.795. The monoisotopic (exact) mass is 356 g/mol. The number of ether oxygens (including phenoxy) is 1. The fourth-order valence-corrected chi connectivity index (χ4v) is 3.60. The van der Waals surface area contributed by atoms with Crippen LogP contribution in [0.4, 0.5) is 0 Å². The molecule has 0 bridgehead atoms. The SMILES string of the molecule is COc1cc(CN2CCN(CC(C)C)[C@H](CCO)C2)cc(Cl)c1O. The van der Waals surface area contributed by atoms with Crippen molar-refractivity contribution in [2.75, 3.05) is 39.9 Å². The molecule has 1 aliphatic rings. The summed E-state index contributed by atoms with van der Waals surface area (Å²) >= 11 is 6.08. The van der Waals surface area contributed by atoms with Crippen LogP contribution >= 0.6 is 11.6 Å². The predicted octanol–water partition coefficient (Wildman–Crippen LogP) is 2.58. The van der Waals surface area contributed by atoms with Gasteiger partial charge in [0.1, 0.15) is 0 Å². The van der Waals surface area contributed by atoms with Crippen molar-refractivity contribution in [3.05, 3.63) is 22.7 Å². The second-order valence-electron chi connectivity index (χ2n) is 6.92. The van der Waals surface area contributed by atoms with E-state index < -0.39 is 0 Å². The Morgan fingerprint density at radius 3 is 2.71 bits per heavy atom. The van der Waals surface area contributed by atoms with E-state index in [4.69, 9.17) is 16.3 Å². The van der Waals surface area contributed by atoms with Crippen LogP contribution in [-0.2, 0) is 6.54 Å². The number of hydrogen-bond acceptors (Lipinski definition) is 5. The number of aromatic hydroxyl groups is 1. The molecular formula is C18H29ClN2O3.